The first kappa shape index (κ1) is 10.5. The van der Waals surface area contributed by atoms with Crippen LogP contribution in [0.5, 0.6) is 0 Å². The molecule has 1 rings (SSSR count). The SMILES string of the molecule is CC(=O)CCCCC1SCCS1. The highest BCUT2D eigenvalue weighted by Gasteiger charge is 2.14. The molecule has 1 aliphatic heterocycles. The molecule has 3 heteroatoms. The molecule has 0 aliphatic carbocycles. The Morgan fingerprint density at radius 2 is 2.00 bits per heavy atom. The van der Waals surface area contributed by atoms with Crippen LogP contribution in [0.2, 0.25) is 0 Å². The zero-order chi connectivity index (χ0) is 8.81. The summed E-state index contributed by atoms with van der Waals surface area (Å²) in [5, 5.41) is 0. The zero-order valence-electron chi connectivity index (χ0n) is 7.54. The molecule has 1 aliphatic rings. The normalized spacial score (nSPS) is 18.4. The first-order chi connectivity index (χ1) is 5.79. The molecule has 1 fully saturated rings. The van der Waals surface area contributed by atoms with Crippen LogP contribution in [0.15, 0.2) is 0 Å². The second-order valence-electron chi connectivity index (χ2n) is 3.12. The van der Waals surface area contributed by atoms with Crippen LogP contribution in [-0.4, -0.2) is 21.9 Å². The summed E-state index contributed by atoms with van der Waals surface area (Å²) in [5.74, 6) is 2.98. The minimum absolute atomic E-state index is 0.335. The van der Waals surface area contributed by atoms with Crippen molar-refractivity contribution in [2.75, 3.05) is 11.5 Å². The fourth-order valence-electron chi connectivity index (χ4n) is 1.26. The first-order valence-electron chi connectivity index (χ1n) is 4.51. The third kappa shape index (κ3) is 4.41. The van der Waals surface area contributed by atoms with Crippen molar-refractivity contribution in [2.24, 2.45) is 0 Å². The number of Topliss-reactive ketones (excluding diaryl/α,β-unsaturated/α-hetero) is 1. The van der Waals surface area contributed by atoms with E-state index in [4.69, 9.17) is 0 Å². The fraction of sp³-hybridized carbons (Fsp3) is 0.889. The van der Waals surface area contributed by atoms with Crippen molar-refractivity contribution in [1.82, 2.24) is 0 Å². The van der Waals surface area contributed by atoms with Gasteiger partial charge in [0.05, 0.1) is 4.58 Å². The number of unbranched alkanes of at least 4 members (excludes halogenated alkanes) is 1. The van der Waals surface area contributed by atoms with E-state index in [1.165, 1.54) is 24.3 Å². The lowest BCUT2D eigenvalue weighted by atomic mass is 10.1. The van der Waals surface area contributed by atoms with E-state index < -0.39 is 0 Å². The highest BCUT2D eigenvalue weighted by molar-refractivity contribution is 8.20. The van der Waals surface area contributed by atoms with E-state index in [-0.39, 0.29) is 0 Å². The highest BCUT2D eigenvalue weighted by Crippen LogP contribution is 2.35. The maximum Gasteiger partial charge on any atom is 0.129 e. The van der Waals surface area contributed by atoms with Crippen molar-refractivity contribution in [1.29, 1.82) is 0 Å². The van der Waals surface area contributed by atoms with Gasteiger partial charge in [0.25, 0.3) is 0 Å². The Bertz CT molecular complexity index is 141. The minimum Gasteiger partial charge on any atom is -0.300 e. The summed E-state index contributed by atoms with van der Waals surface area (Å²) in [6, 6.07) is 0. The largest absolute Gasteiger partial charge is 0.300 e. The molecule has 0 unspecified atom stereocenters. The Morgan fingerprint density at radius 1 is 1.33 bits per heavy atom. The summed E-state index contributed by atoms with van der Waals surface area (Å²) >= 11 is 4.16. The van der Waals surface area contributed by atoms with Gasteiger partial charge in [0.1, 0.15) is 5.78 Å². The molecule has 0 aromatic heterocycles. The predicted octanol–water partition coefficient (Wildman–Crippen LogP) is 2.94. The summed E-state index contributed by atoms with van der Waals surface area (Å²) in [7, 11) is 0. The van der Waals surface area contributed by atoms with Crippen molar-refractivity contribution in [2.45, 2.75) is 37.2 Å². The Morgan fingerprint density at radius 3 is 2.58 bits per heavy atom. The van der Waals surface area contributed by atoms with E-state index in [0.717, 1.165) is 17.4 Å². The predicted molar refractivity (Wildman–Crippen MR) is 57.9 cm³/mol. The molecule has 0 saturated carbocycles. The van der Waals surface area contributed by atoms with Crippen LogP contribution in [0, 0.1) is 0 Å². The number of hydrogen-bond donors (Lipinski definition) is 0. The number of hydrogen-bond acceptors (Lipinski definition) is 3. The van der Waals surface area contributed by atoms with Crippen molar-refractivity contribution in [3.63, 3.8) is 0 Å². The molecule has 0 spiro atoms. The maximum absolute atomic E-state index is 10.6. The fourth-order valence-corrected chi connectivity index (χ4v) is 4.18. The van der Waals surface area contributed by atoms with Crippen molar-refractivity contribution in [3.05, 3.63) is 0 Å². The molecule has 12 heavy (non-hydrogen) atoms. The van der Waals surface area contributed by atoms with Gasteiger partial charge in [0.15, 0.2) is 0 Å². The molecule has 0 bridgehead atoms. The summed E-state index contributed by atoms with van der Waals surface area (Å²) in [6.45, 7) is 1.68. The number of carbonyl (C=O) groups is 1. The average molecular weight is 204 g/mol. The number of carbonyl (C=O) groups excluding carboxylic acids is 1. The molecule has 1 heterocycles. The molecule has 0 amide bonds. The number of rotatable bonds is 5. The topological polar surface area (TPSA) is 17.1 Å². The standard InChI is InChI=1S/C9H16OS2/c1-8(10)4-2-3-5-9-11-6-7-12-9/h9H,2-7H2,1H3. The molecule has 1 nitrogen and oxygen atoms in total. The third-order valence-corrected chi connectivity index (χ3v) is 5.08. The van der Waals surface area contributed by atoms with E-state index in [1.807, 2.05) is 0 Å². The van der Waals surface area contributed by atoms with Crippen LogP contribution in [0.1, 0.15) is 32.6 Å². The monoisotopic (exact) mass is 204 g/mol. The first-order valence-corrected chi connectivity index (χ1v) is 6.61. The van der Waals surface area contributed by atoms with Crippen LogP contribution in [0.25, 0.3) is 0 Å². The van der Waals surface area contributed by atoms with Crippen LogP contribution in [0.4, 0.5) is 0 Å². The second-order valence-corrected chi connectivity index (χ2v) is 6.04. The van der Waals surface area contributed by atoms with Gasteiger partial charge in [0.2, 0.25) is 0 Å². The third-order valence-electron chi connectivity index (χ3n) is 1.91. The van der Waals surface area contributed by atoms with Crippen LogP contribution >= 0.6 is 23.5 Å². The average Bonchev–Trinajstić information content (AvgIpc) is 2.49. The Labute approximate surface area is 83.1 Å². The summed E-state index contributed by atoms with van der Waals surface area (Å²) < 4.78 is 0.831. The second kappa shape index (κ2) is 5.92. The molecular formula is C9H16OS2. The van der Waals surface area contributed by atoms with Crippen molar-refractivity contribution < 1.29 is 4.79 Å². The molecule has 0 N–H and O–H groups in total. The van der Waals surface area contributed by atoms with Gasteiger partial charge in [-0.3, -0.25) is 0 Å². The Hall–Kier alpha value is 0.370. The van der Waals surface area contributed by atoms with Gasteiger partial charge >= 0.3 is 0 Å². The van der Waals surface area contributed by atoms with E-state index >= 15 is 0 Å². The lowest BCUT2D eigenvalue weighted by Crippen LogP contribution is -1.94. The van der Waals surface area contributed by atoms with E-state index in [2.05, 4.69) is 23.5 Å². The zero-order valence-corrected chi connectivity index (χ0v) is 9.18. The van der Waals surface area contributed by atoms with E-state index in [0.29, 0.717) is 5.78 Å². The molecular weight excluding hydrogens is 188 g/mol. The molecule has 70 valence electrons. The molecule has 0 aromatic rings. The molecule has 0 radical (unpaired) electrons. The van der Waals surface area contributed by atoms with Crippen molar-refractivity contribution in [3.8, 4) is 0 Å². The van der Waals surface area contributed by atoms with Gasteiger partial charge in [-0.2, -0.15) is 0 Å². The molecule has 0 atom stereocenters. The van der Waals surface area contributed by atoms with Crippen LogP contribution < -0.4 is 0 Å². The van der Waals surface area contributed by atoms with Gasteiger partial charge in [-0.25, -0.2) is 0 Å². The number of ketones is 1. The Balaban J connectivity index is 1.91. The minimum atomic E-state index is 0.335. The quantitative estimate of drug-likeness (QED) is 0.641. The highest BCUT2D eigenvalue weighted by atomic mass is 32.2. The maximum atomic E-state index is 10.6. The van der Waals surface area contributed by atoms with Gasteiger partial charge in [0, 0.05) is 17.9 Å². The van der Waals surface area contributed by atoms with Gasteiger partial charge < -0.3 is 4.79 Å². The Kier molecular flexibility index (Phi) is 5.16. The lowest BCUT2D eigenvalue weighted by Gasteiger charge is -2.05. The van der Waals surface area contributed by atoms with Gasteiger partial charge in [-0.1, -0.05) is 6.42 Å². The van der Waals surface area contributed by atoms with E-state index in [1.54, 1.807) is 6.92 Å². The summed E-state index contributed by atoms with van der Waals surface area (Å²) in [5.41, 5.74) is 0. The smallest absolute Gasteiger partial charge is 0.129 e. The van der Waals surface area contributed by atoms with Gasteiger partial charge in [-0.15, -0.1) is 23.5 Å². The summed E-state index contributed by atoms with van der Waals surface area (Å²) in [4.78, 5) is 10.6. The summed E-state index contributed by atoms with van der Waals surface area (Å²) in [6.07, 6.45) is 4.39. The van der Waals surface area contributed by atoms with Crippen molar-refractivity contribution >= 4 is 29.3 Å². The lowest BCUT2D eigenvalue weighted by molar-refractivity contribution is -0.117. The molecule has 1 saturated heterocycles. The van der Waals surface area contributed by atoms with E-state index in [9.17, 15) is 4.79 Å². The van der Waals surface area contributed by atoms with Crippen LogP contribution in [0.3, 0.4) is 0 Å². The van der Waals surface area contributed by atoms with Crippen LogP contribution in [-0.2, 0) is 4.79 Å². The van der Waals surface area contributed by atoms with Gasteiger partial charge in [-0.05, 0) is 19.8 Å². The molecule has 0 aromatic carbocycles. The number of thioether (sulfide) groups is 2.